The first-order valence-electron chi connectivity index (χ1n) is 10.9. The maximum Gasteiger partial charge on any atom is 0.306 e. The third-order valence-corrected chi connectivity index (χ3v) is 5.24. The maximum atomic E-state index is 13.4. The van der Waals surface area contributed by atoms with Gasteiger partial charge in [0.2, 0.25) is 0 Å². The SMILES string of the molecule is CC(C)Cc1c2nc3ccccc3c-2cc2n1C(=O)C(CCC(=O)OC(C)(C)C)=NC2=O. The zero-order valence-electron chi connectivity index (χ0n) is 19.1. The summed E-state index contributed by atoms with van der Waals surface area (Å²) in [5.74, 6) is -1.06. The standard InChI is InChI=1S/C25H27N3O4/c1-14(2)12-19-22-16(15-8-6-7-9-17(15)26-22)13-20-23(30)27-18(24(31)28(19)20)10-11-21(29)32-25(3,4)5/h6-9,13-14H,10-12H2,1-5H3. The molecule has 32 heavy (non-hydrogen) atoms. The normalized spacial score (nSPS) is 14.2. The van der Waals surface area contributed by atoms with Gasteiger partial charge in [0.25, 0.3) is 11.8 Å². The molecule has 0 fully saturated rings. The van der Waals surface area contributed by atoms with Crippen LogP contribution in [0.3, 0.4) is 0 Å². The van der Waals surface area contributed by atoms with E-state index in [2.05, 4.69) is 18.8 Å². The lowest BCUT2D eigenvalue weighted by Gasteiger charge is -2.24. The Balaban J connectivity index is 1.78. The maximum absolute atomic E-state index is 13.4. The number of aromatic nitrogens is 2. The van der Waals surface area contributed by atoms with Crippen LogP contribution in [0.4, 0.5) is 0 Å². The number of carbonyl (C=O) groups is 3. The fourth-order valence-corrected chi connectivity index (χ4v) is 4.02. The van der Waals surface area contributed by atoms with Gasteiger partial charge < -0.3 is 4.74 Å². The number of carbonyl (C=O) groups excluding carboxylic acids is 3. The van der Waals surface area contributed by atoms with E-state index in [1.54, 1.807) is 26.8 Å². The van der Waals surface area contributed by atoms with E-state index >= 15 is 0 Å². The average Bonchev–Trinajstić information content (AvgIpc) is 3.06. The van der Waals surface area contributed by atoms with Crippen LogP contribution in [-0.4, -0.2) is 38.6 Å². The predicted molar refractivity (Wildman–Crippen MR) is 122 cm³/mol. The first-order valence-corrected chi connectivity index (χ1v) is 10.9. The molecular weight excluding hydrogens is 406 g/mol. The second kappa shape index (κ2) is 7.97. The summed E-state index contributed by atoms with van der Waals surface area (Å²) in [5, 5.41) is 0.941. The number of benzene rings is 1. The second-order valence-electron chi connectivity index (χ2n) is 9.56. The molecule has 4 rings (SSSR count). The molecule has 1 amide bonds. The van der Waals surface area contributed by atoms with Gasteiger partial charge in [-0.3, -0.25) is 19.0 Å². The van der Waals surface area contributed by atoms with E-state index in [1.807, 2.05) is 24.3 Å². The first kappa shape index (κ1) is 21.9. The van der Waals surface area contributed by atoms with Crippen LogP contribution in [0, 0.1) is 5.92 Å². The number of rotatable bonds is 5. The van der Waals surface area contributed by atoms with Crippen molar-refractivity contribution in [2.24, 2.45) is 10.9 Å². The second-order valence-corrected chi connectivity index (χ2v) is 9.56. The van der Waals surface area contributed by atoms with Crippen LogP contribution in [-0.2, 0) is 16.0 Å². The van der Waals surface area contributed by atoms with Crippen LogP contribution in [0.5, 0.6) is 0 Å². The molecular formula is C25H27N3O4. The highest BCUT2D eigenvalue weighted by atomic mass is 16.6. The predicted octanol–water partition coefficient (Wildman–Crippen LogP) is 4.70. The largest absolute Gasteiger partial charge is 0.460 e. The molecule has 0 aliphatic carbocycles. The van der Waals surface area contributed by atoms with Gasteiger partial charge in [0.05, 0.1) is 23.3 Å². The number of nitrogens with zero attached hydrogens (tertiary/aromatic N) is 3. The molecule has 0 radical (unpaired) electrons. The number of hydrogen-bond donors (Lipinski definition) is 0. The number of pyridine rings is 1. The third-order valence-electron chi connectivity index (χ3n) is 5.24. The number of fused-ring (bicyclic) bond motifs is 4. The fourth-order valence-electron chi connectivity index (χ4n) is 4.02. The molecule has 7 heteroatoms. The van der Waals surface area contributed by atoms with Crippen molar-refractivity contribution < 1.29 is 19.1 Å². The van der Waals surface area contributed by atoms with Crippen LogP contribution in [0.2, 0.25) is 0 Å². The van der Waals surface area contributed by atoms with Crippen molar-refractivity contribution in [1.82, 2.24) is 9.55 Å². The Morgan fingerprint density at radius 2 is 1.88 bits per heavy atom. The van der Waals surface area contributed by atoms with E-state index in [0.717, 1.165) is 22.2 Å². The Morgan fingerprint density at radius 1 is 1.16 bits per heavy atom. The lowest BCUT2D eigenvalue weighted by atomic mass is 9.97. The van der Waals surface area contributed by atoms with E-state index in [9.17, 15) is 14.4 Å². The minimum Gasteiger partial charge on any atom is -0.460 e. The molecule has 7 nitrogen and oxygen atoms in total. The summed E-state index contributed by atoms with van der Waals surface area (Å²) in [6, 6.07) is 9.44. The van der Waals surface area contributed by atoms with Crippen molar-refractivity contribution in [3.8, 4) is 11.3 Å². The summed E-state index contributed by atoms with van der Waals surface area (Å²) in [6.07, 6.45) is 0.596. The number of aliphatic imine (C=N–C) groups is 1. The van der Waals surface area contributed by atoms with Gasteiger partial charge in [-0.15, -0.1) is 0 Å². The molecule has 0 saturated heterocycles. The average molecular weight is 434 g/mol. The lowest BCUT2D eigenvalue weighted by Crippen LogP contribution is -2.35. The summed E-state index contributed by atoms with van der Waals surface area (Å²) in [6.45, 7) is 9.46. The molecule has 3 aliphatic heterocycles. The molecule has 0 saturated carbocycles. The van der Waals surface area contributed by atoms with E-state index in [1.165, 1.54) is 4.57 Å². The Kier molecular flexibility index (Phi) is 5.44. The van der Waals surface area contributed by atoms with Gasteiger partial charge in [-0.1, -0.05) is 32.0 Å². The summed E-state index contributed by atoms with van der Waals surface area (Å²) < 4.78 is 6.77. The van der Waals surface area contributed by atoms with Gasteiger partial charge in [-0.05, 0) is 45.2 Å². The van der Waals surface area contributed by atoms with Gasteiger partial charge in [-0.2, -0.15) is 0 Å². The topological polar surface area (TPSA) is 90.6 Å². The molecule has 3 heterocycles. The van der Waals surface area contributed by atoms with Crippen LogP contribution in [0.25, 0.3) is 22.2 Å². The molecule has 0 aromatic heterocycles. The zero-order chi connectivity index (χ0) is 23.2. The number of para-hydroxylation sites is 1. The summed E-state index contributed by atoms with van der Waals surface area (Å²) in [4.78, 5) is 47.3. The molecule has 0 N–H and O–H groups in total. The molecule has 166 valence electrons. The molecule has 0 unspecified atom stereocenters. The zero-order valence-corrected chi connectivity index (χ0v) is 19.1. The van der Waals surface area contributed by atoms with E-state index in [0.29, 0.717) is 12.1 Å². The van der Waals surface area contributed by atoms with Crippen molar-refractivity contribution in [1.29, 1.82) is 0 Å². The van der Waals surface area contributed by atoms with Crippen molar-refractivity contribution in [3.63, 3.8) is 0 Å². The van der Waals surface area contributed by atoms with Gasteiger partial charge in [0.1, 0.15) is 17.0 Å². The van der Waals surface area contributed by atoms with E-state index < -0.39 is 17.5 Å². The molecule has 0 atom stereocenters. The van der Waals surface area contributed by atoms with Crippen LogP contribution in [0.1, 0.15) is 68.4 Å². The highest BCUT2D eigenvalue weighted by Gasteiger charge is 2.33. The van der Waals surface area contributed by atoms with Gasteiger partial charge in [0, 0.05) is 17.4 Å². The van der Waals surface area contributed by atoms with Crippen LogP contribution >= 0.6 is 0 Å². The number of ether oxygens (including phenoxy) is 1. The van der Waals surface area contributed by atoms with Crippen molar-refractivity contribution in [2.45, 2.75) is 59.5 Å². The van der Waals surface area contributed by atoms with Crippen molar-refractivity contribution >= 4 is 34.4 Å². The van der Waals surface area contributed by atoms with Gasteiger partial charge in [-0.25, -0.2) is 9.98 Å². The molecule has 1 aromatic carbocycles. The monoisotopic (exact) mass is 433 g/mol. The molecule has 3 aliphatic rings. The van der Waals surface area contributed by atoms with Crippen molar-refractivity contribution in [2.75, 3.05) is 0 Å². The first-order chi connectivity index (χ1) is 15.0. The minimum atomic E-state index is -0.617. The highest BCUT2D eigenvalue weighted by molar-refractivity contribution is 6.44. The van der Waals surface area contributed by atoms with E-state index in [4.69, 9.17) is 9.72 Å². The highest BCUT2D eigenvalue weighted by Crippen LogP contribution is 2.37. The van der Waals surface area contributed by atoms with E-state index in [-0.39, 0.29) is 36.1 Å². The number of esters is 1. The Labute approximate surface area is 186 Å². The summed E-state index contributed by atoms with van der Waals surface area (Å²) in [5.41, 5.74) is 2.77. The molecule has 1 aromatic rings. The van der Waals surface area contributed by atoms with Gasteiger partial charge >= 0.3 is 5.97 Å². The van der Waals surface area contributed by atoms with Crippen LogP contribution in [0.15, 0.2) is 35.3 Å². The summed E-state index contributed by atoms with van der Waals surface area (Å²) in [7, 11) is 0. The van der Waals surface area contributed by atoms with Gasteiger partial charge in [0.15, 0.2) is 0 Å². The quantitative estimate of drug-likeness (QED) is 0.544. The third kappa shape index (κ3) is 4.07. The number of hydrogen-bond acceptors (Lipinski definition) is 5. The molecule has 0 bridgehead atoms. The molecule has 0 spiro atoms. The smallest absolute Gasteiger partial charge is 0.306 e. The fraction of sp³-hybridized carbons (Fsp3) is 0.400. The number of amides is 1. The Bertz CT molecular complexity index is 1240. The van der Waals surface area contributed by atoms with Crippen molar-refractivity contribution in [3.05, 3.63) is 41.7 Å². The Morgan fingerprint density at radius 3 is 2.56 bits per heavy atom. The summed E-state index contributed by atoms with van der Waals surface area (Å²) >= 11 is 0. The lowest BCUT2D eigenvalue weighted by molar-refractivity contribution is -0.154. The Hall–Kier alpha value is -3.35. The minimum absolute atomic E-state index is 0.0225. The van der Waals surface area contributed by atoms with Crippen LogP contribution < -0.4 is 0 Å².